The molecule has 0 saturated carbocycles. The fourth-order valence-corrected chi connectivity index (χ4v) is 1.24. The van der Waals surface area contributed by atoms with Gasteiger partial charge in [0.2, 0.25) is 0 Å². The predicted molar refractivity (Wildman–Crippen MR) is 57.8 cm³/mol. The highest BCUT2D eigenvalue weighted by Gasteiger charge is 2.00. The van der Waals surface area contributed by atoms with E-state index in [-0.39, 0.29) is 12.6 Å². The van der Waals surface area contributed by atoms with Gasteiger partial charge >= 0.3 is 5.97 Å². The van der Waals surface area contributed by atoms with Crippen molar-refractivity contribution in [1.29, 1.82) is 0 Å². The molecule has 0 bridgehead atoms. The lowest BCUT2D eigenvalue weighted by Gasteiger charge is -2.01. The number of unbranched alkanes of at least 4 members (excludes halogenated alkanes) is 5. The molecule has 2 heteroatoms. The summed E-state index contributed by atoms with van der Waals surface area (Å²) in [5.41, 5.74) is 0. The summed E-state index contributed by atoms with van der Waals surface area (Å²) in [7, 11) is 0. The molecule has 0 radical (unpaired) electrons. The van der Waals surface area contributed by atoms with Crippen LogP contribution in [0.4, 0.5) is 0 Å². The second kappa shape index (κ2) is 10.1. The summed E-state index contributed by atoms with van der Waals surface area (Å²) < 4.78 is 4.74. The molecule has 2 nitrogen and oxygen atoms in total. The summed E-state index contributed by atoms with van der Waals surface area (Å²) in [5.74, 6) is 2.11. The van der Waals surface area contributed by atoms with E-state index in [1.807, 2.05) is 0 Å². The van der Waals surface area contributed by atoms with Gasteiger partial charge in [-0.25, -0.2) is 0 Å². The minimum absolute atomic E-state index is 0.106. The Morgan fingerprint density at radius 1 is 1.21 bits per heavy atom. The van der Waals surface area contributed by atoms with Crippen LogP contribution in [0.15, 0.2) is 0 Å². The molecule has 80 valence electrons. The van der Waals surface area contributed by atoms with Gasteiger partial charge in [-0.3, -0.25) is 4.79 Å². The molecule has 0 fully saturated rings. The first kappa shape index (κ1) is 13.0. The monoisotopic (exact) mass is 196 g/mol. The molecule has 0 atom stereocenters. The second-order valence-electron chi connectivity index (χ2n) is 3.38. The molecule has 0 spiro atoms. The van der Waals surface area contributed by atoms with Gasteiger partial charge in [0, 0.05) is 6.42 Å². The Morgan fingerprint density at radius 3 is 2.50 bits per heavy atom. The summed E-state index contributed by atoms with van der Waals surface area (Å²) >= 11 is 0. The van der Waals surface area contributed by atoms with Gasteiger partial charge in [0.1, 0.15) is 0 Å². The molecule has 0 rings (SSSR count). The molecule has 14 heavy (non-hydrogen) atoms. The van der Waals surface area contributed by atoms with Crippen molar-refractivity contribution in [3.63, 3.8) is 0 Å². The van der Waals surface area contributed by atoms with Crippen molar-refractivity contribution >= 4 is 5.97 Å². The van der Waals surface area contributed by atoms with Crippen LogP contribution in [-0.2, 0) is 9.53 Å². The Kier molecular flexibility index (Phi) is 9.41. The van der Waals surface area contributed by atoms with Crippen LogP contribution in [0, 0.1) is 12.3 Å². The molecule has 0 aliphatic rings. The molecule has 0 unspecified atom stereocenters. The van der Waals surface area contributed by atoms with E-state index < -0.39 is 0 Å². The van der Waals surface area contributed by atoms with Gasteiger partial charge in [0.05, 0.1) is 0 Å². The highest BCUT2D eigenvalue weighted by atomic mass is 16.5. The molecular formula is C12H20O2. The maximum absolute atomic E-state index is 11.0. The molecule has 0 heterocycles. The zero-order valence-corrected chi connectivity index (χ0v) is 9.05. The van der Waals surface area contributed by atoms with Crippen LogP contribution < -0.4 is 0 Å². The minimum Gasteiger partial charge on any atom is -0.452 e. The predicted octanol–water partition coefficient (Wildman–Crippen LogP) is 2.91. The summed E-state index contributed by atoms with van der Waals surface area (Å²) in [4.78, 5) is 11.0. The van der Waals surface area contributed by atoms with Crippen LogP contribution in [-0.4, -0.2) is 12.6 Å². The van der Waals surface area contributed by atoms with Crippen molar-refractivity contribution in [2.45, 2.75) is 51.9 Å². The second-order valence-corrected chi connectivity index (χ2v) is 3.38. The number of rotatable bonds is 8. The zero-order chi connectivity index (χ0) is 10.6. The van der Waals surface area contributed by atoms with E-state index in [4.69, 9.17) is 11.2 Å². The third-order valence-corrected chi connectivity index (χ3v) is 2.05. The first-order valence-corrected chi connectivity index (χ1v) is 5.40. The average Bonchev–Trinajstić information content (AvgIpc) is 2.20. The molecule has 0 aliphatic carbocycles. The minimum atomic E-state index is -0.168. The topological polar surface area (TPSA) is 26.3 Å². The van der Waals surface area contributed by atoms with E-state index in [1.165, 1.54) is 25.7 Å². The Bertz CT molecular complexity index is 179. The molecule has 0 aromatic rings. The quantitative estimate of drug-likeness (QED) is 0.339. The number of hydrogen-bond acceptors (Lipinski definition) is 2. The summed E-state index contributed by atoms with van der Waals surface area (Å²) in [6.45, 7) is 2.30. The van der Waals surface area contributed by atoms with Gasteiger partial charge < -0.3 is 4.74 Å². The smallest absolute Gasteiger partial charge is 0.306 e. The SMILES string of the molecule is C#CCOC(=O)CCCCCCCC. The number of terminal acetylenes is 1. The standard InChI is InChI=1S/C12H20O2/c1-3-5-6-7-8-9-10-12(13)14-11-4-2/h2H,3,5-11H2,1H3. The number of esters is 1. The van der Waals surface area contributed by atoms with Crippen LogP contribution >= 0.6 is 0 Å². The summed E-state index contributed by atoms with van der Waals surface area (Å²) in [6, 6.07) is 0. The molecule has 0 N–H and O–H groups in total. The third-order valence-electron chi connectivity index (χ3n) is 2.05. The molecule has 0 aliphatic heterocycles. The molecule has 0 aromatic heterocycles. The van der Waals surface area contributed by atoms with Crippen molar-refractivity contribution in [1.82, 2.24) is 0 Å². The van der Waals surface area contributed by atoms with Crippen LogP contribution in [0.1, 0.15) is 51.9 Å². The highest BCUT2D eigenvalue weighted by molar-refractivity contribution is 5.69. The largest absolute Gasteiger partial charge is 0.452 e. The van der Waals surface area contributed by atoms with Crippen molar-refractivity contribution in [2.24, 2.45) is 0 Å². The van der Waals surface area contributed by atoms with Gasteiger partial charge in [0.25, 0.3) is 0 Å². The fourth-order valence-electron chi connectivity index (χ4n) is 1.24. The Hall–Kier alpha value is -0.970. The van der Waals surface area contributed by atoms with E-state index >= 15 is 0 Å². The van der Waals surface area contributed by atoms with E-state index in [1.54, 1.807) is 0 Å². The van der Waals surface area contributed by atoms with Gasteiger partial charge in [-0.05, 0) is 6.42 Å². The van der Waals surface area contributed by atoms with Crippen LogP contribution in [0.25, 0.3) is 0 Å². The van der Waals surface area contributed by atoms with Crippen LogP contribution in [0.5, 0.6) is 0 Å². The number of hydrogen-bond donors (Lipinski definition) is 0. The molecule has 0 aromatic carbocycles. The number of carbonyl (C=O) groups excluding carboxylic acids is 1. The van der Waals surface area contributed by atoms with Crippen molar-refractivity contribution < 1.29 is 9.53 Å². The Labute approximate surface area is 87.0 Å². The van der Waals surface area contributed by atoms with E-state index in [2.05, 4.69) is 12.8 Å². The fraction of sp³-hybridized carbons (Fsp3) is 0.750. The number of ether oxygens (including phenoxy) is 1. The van der Waals surface area contributed by atoms with Crippen LogP contribution in [0.3, 0.4) is 0 Å². The maximum atomic E-state index is 11.0. The van der Waals surface area contributed by atoms with Gasteiger partial charge in [-0.2, -0.15) is 0 Å². The van der Waals surface area contributed by atoms with Gasteiger partial charge in [-0.1, -0.05) is 44.9 Å². The van der Waals surface area contributed by atoms with Gasteiger partial charge in [0.15, 0.2) is 6.61 Å². The van der Waals surface area contributed by atoms with Crippen molar-refractivity contribution in [3.05, 3.63) is 0 Å². The van der Waals surface area contributed by atoms with Crippen molar-refractivity contribution in [2.75, 3.05) is 6.61 Å². The first-order valence-electron chi connectivity index (χ1n) is 5.40. The van der Waals surface area contributed by atoms with Crippen molar-refractivity contribution in [3.8, 4) is 12.3 Å². The number of carbonyl (C=O) groups is 1. The maximum Gasteiger partial charge on any atom is 0.306 e. The molecule has 0 saturated heterocycles. The first-order chi connectivity index (χ1) is 6.81. The normalized spacial score (nSPS) is 9.43. The summed E-state index contributed by atoms with van der Waals surface area (Å²) in [6.07, 6.45) is 12.5. The molecule has 0 amide bonds. The van der Waals surface area contributed by atoms with E-state index in [9.17, 15) is 4.79 Å². The summed E-state index contributed by atoms with van der Waals surface area (Å²) in [5, 5.41) is 0. The Balaban J connectivity index is 3.11. The lowest BCUT2D eigenvalue weighted by molar-refractivity contribution is -0.142. The lowest BCUT2D eigenvalue weighted by Crippen LogP contribution is -2.03. The van der Waals surface area contributed by atoms with E-state index in [0.717, 1.165) is 12.8 Å². The van der Waals surface area contributed by atoms with E-state index in [0.29, 0.717) is 6.42 Å². The highest BCUT2D eigenvalue weighted by Crippen LogP contribution is 2.07. The molecular weight excluding hydrogens is 176 g/mol. The third kappa shape index (κ3) is 9.12. The average molecular weight is 196 g/mol. The zero-order valence-electron chi connectivity index (χ0n) is 9.05. The van der Waals surface area contributed by atoms with Crippen LogP contribution in [0.2, 0.25) is 0 Å². The van der Waals surface area contributed by atoms with Gasteiger partial charge in [-0.15, -0.1) is 6.42 Å². The Morgan fingerprint density at radius 2 is 1.86 bits per heavy atom. The lowest BCUT2D eigenvalue weighted by atomic mass is 10.1.